The van der Waals surface area contributed by atoms with Gasteiger partial charge in [-0.1, -0.05) is 18.5 Å². The summed E-state index contributed by atoms with van der Waals surface area (Å²) in [4.78, 5) is 2.03. The first-order valence-corrected chi connectivity index (χ1v) is 6.33. The van der Waals surface area contributed by atoms with Gasteiger partial charge in [-0.25, -0.2) is 0 Å². The van der Waals surface area contributed by atoms with Gasteiger partial charge in [0.05, 0.1) is 16.9 Å². The maximum absolute atomic E-state index is 10.6. The van der Waals surface area contributed by atoms with Gasteiger partial charge >= 0.3 is 0 Å². The number of aliphatic hydroxyl groups is 1. The predicted molar refractivity (Wildman–Crippen MR) is 70.3 cm³/mol. The molecule has 1 N–H and O–H groups in total. The fourth-order valence-corrected chi connectivity index (χ4v) is 2.19. The molecule has 0 fully saturated rings. The van der Waals surface area contributed by atoms with E-state index in [0.717, 1.165) is 6.42 Å². The second-order valence-electron chi connectivity index (χ2n) is 4.70. The maximum Gasteiger partial charge on any atom is 0.115 e. The summed E-state index contributed by atoms with van der Waals surface area (Å²) in [7, 11) is 3.93. The quantitative estimate of drug-likeness (QED) is 0.882. The van der Waals surface area contributed by atoms with Crippen molar-refractivity contribution >= 4 is 11.6 Å². The molecule has 1 rings (SSSR count). The number of halogens is 1. The highest BCUT2D eigenvalue weighted by atomic mass is 35.5. The van der Waals surface area contributed by atoms with E-state index >= 15 is 0 Å². The molecule has 1 aromatic heterocycles. The molecule has 2 unspecified atom stereocenters. The zero-order valence-corrected chi connectivity index (χ0v) is 12.0. The Balaban J connectivity index is 3.18. The van der Waals surface area contributed by atoms with Gasteiger partial charge in [-0.05, 0) is 34.4 Å². The van der Waals surface area contributed by atoms with E-state index in [9.17, 15) is 5.11 Å². The number of nitrogens with zero attached hydrogens (tertiary/aromatic N) is 3. The summed E-state index contributed by atoms with van der Waals surface area (Å²) in [6.07, 6.45) is 1.76. The zero-order valence-electron chi connectivity index (χ0n) is 11.2. The van der Waals surface area contributed by atoms with Gasteiger partial charge in [0.25, 0.3) is 0 Å². The third-order valence-corrected chi connectivity index (χ3v) is 4.01. The molecule has 0 spiro atoms. The van der Waals surface area contributed by atoms with Crippen LogP contribution in [-0.2, 0) is 6.54 Å². The Labute approximate surface area is 108 Å². The Morgan fingerprint density at radius 1 is 1.53 bits per heavy atom. The smallest absolute Gasteiger partial charge is 0.115 e. The van der Waals surface area contributed by atoms with Crippen LogP contribution in [0.3, 0.4) is 0 Å². The third-order valence-electron chi connectivity index (χ3n) is 3.72. The molecule has 1 aromatic rings. The third kappa shape index (κ3) is 2.49. The summed E-state index contributed by atoms with van der Waals surface area (Å²) in [5.74, 6) is 0. The fourth-order valence-electron chi connectivity index (χ4n) is 1.94. The molecule has 0 aliphatic heterocycles. The fraction of sp³-hybridized carbons (Fsp3) is 0.750. The van der Waals surface area contributed by atoms with Crippen LogP contribution in [0.5, 0.6) is 0 Å². The molecular weight excluding hydrogens is 238 g/mol. The van der Waals surface area contributed by atoms with E-state index in [1.165, 1.54) is 0 Å². The number of rotatable bonds is 5. The summed E-state index contributed by atoms with van der Waals surface area (Å²) >= 11 is 6.12. The van der Waals surface area contributed by atoms with Crippen molar-refractivity contribution in [2.45, 2.75) is 45.4 Å². The van der Waals surface area contributed by atoms with Crippen molar-refractivity contribution in [3.05, 3.63) is 16.9 Å². The number of aromatic nitrogens is 2. The van der Waals surface area contributed by atoms with Gasteiger partial charge in [0.1, 0.15) is 6.10 Å². The van der Waals surface area contributed by atoms with Crippen LogP contribution in [0, 0.1) is 0 Å². The molecule has 0 aliphatic rings. The van der Waals surface area contributed by atoms with E-state index < -0.39 is 6.10 Å². The highest BCUT2D eigenvalue weighted by Crippen LogP contribution is 2.35. The van der Waals surface area contributed by atoms with E-state index in [1.807, 2.05) is 32.8 Å². The second-order valence-corrected chi connectivity index (χ2v) is 5.11. The Bertz CT molecular complexity index is 378. The van der Waals surface area contributed by atoms with E-state index in [0.29, 0.717) is 17.3 Å². The van der Waals surface area contributed by atoms with Crippen LogP contribution in [0.2, 0.25) is 5.02 Å². The summed E-state index contributed by atoms with van der Waals surface area (Å²) in [6, 6.07) is 0. The minimum atomic E-state index is -0.655. The van der Waals surface area contributed by atoms with Crippen molar-refractivity contribution in [3.8, 4) is 0 Å². The van der Waals surface area contributed by atoms with E-state index in [2.05, 4.69) is 12.0 Å². The summed E-state index contributed by atoms with van der Waals surface area (Å²) < 4.78 is 1.75. The SMILES string of the molecule is CCn1ncc(Cl)c1C(O)C(C)(CC)N(C)C. The molecule has 2 atom stereocenters. The molecule has 5 heteroatoms. The van der Waals surface area contributed by atoms with Crippen molar-refractivity contribution in [2.24, 2.45) is 0 Å². The molecule has 17 heavy (non-hydrogen) atoms. The van der Waals surface area contributed by atoms with Crippen molar-refractivity contribution < 1.29 is 5.11 Å². The summed E-state index contributed by atoms with van der Waals surface area (Å²) in [5.41, 5.74) is 0.351. The van der Waals surface area contributed by atoms with Gasteiger partial charge in [-0.2, -0.15) is 5.10 Å². The number of aryl methyl sites for hydroxylation is 1. The highest BCUT2D eigenvalue weighted by Gasteiger charge is 2.37. The lowest BCUT2D eigenvalue weighted by Gasteiger charge is -2.40. The molecular formula is C12H22ClN3O. The zero-order chi connectivity index (χ0) is 13.2. The Hall–Kier alpha value is -0.580. The average molecular weight is 260 g/mol. The molecule has 0 bridgehead atoms. The van der Waals surface area contributed by atoms with Crippen LogP contribution in [0.1, 0.15) is 39.0 Å². The van der Waals surface area contributed by atoms with Crippen LogP contribution in [0.4, 0.5) is 0 Å². The molecule has 4 nitrogen and oxygen atoms in total. The molecule has 0 saturated carbocycles. The Kier molecular flexibility index (Phi) is 4.58. The average Bonchev–Trinajstić information content (AvgIpc) is 2.67. The lowest BCUT2D eigenvalue weighted by molar-refractivity contribution is -0.00429. The summed E-state index contributed by atoms with van der Waals surface area (Å²) in [5, 5.41) is 15.3. The second kappa shape index (κ2) is 5.38. The van der Waals surface area contributed by atoms with Gasteiger partial charge < -0.3 is 10.0 Å². The molecule has 0 aromatic carbocycles. The lowest BCUT2D eigenvalue weighted by Crippen LogP contribution is -2.46. The van der Waals surface area contributed by atoms with E-state index in [-0.39, 0.29) is 5.54 Å². The van der Waals surface area contributed by atoms with Crippen molar-refractivity contribution in [2.75, 3.05) is 14.1 Å². The Morgan fingerprint density at radius 2 is 2.12 bits per heavy atom. The number of likely N-dealkylation sites (N-methyl/N-ethyl adjacent to an activating group) is 1. The van der Waals surface area contributed by atoms with Crippen LogP contribution >= 0.6 is 11.6 Å². The minimum absolute atomic E-state index is 0.351. The van der Waals surface area contributed by atoms with Crippen molar-refractivity contribution in [1.29, 1.82) is 0 Å². The van der Waals surface area contributed by atoms with Gasteiger partial charge in [-0.3, -0.25) is 4.68 Å². The molecule has 0 saturated heterocycles. The molecule has 1 heterocycles. The molecule has 0 aliphatic carbocycles. The normalized spacial score (nSPS) is 17.2. The van der Waals surface area contributed by atoms with Gasteiger partial charge in [0.15, 0.2) is 0 Å². The van der Waals surface area contributed by atoms with Crippen molar-refractivity contribution in [3.63, 3.8) is 0 Å². The molecule has 98 valence electrons. The van der Waals surface area contributed by atoms with E-state index in [4.69, 9.17) is 11.6 Å². The highest BCUT2D eigenvalue weighted by molar-refractivity contribution is 6.31. The van der Waals surface area contributed by atoms with Crippen LogP contribution in [-0.4, -0.2) is 39.4 Å². The number of aliphatic hydroxyl groups excluding tert-OH is 1. The first-order chi connectivity index (χ1) is 7.88. The molecule has 0 amide bonds. The van der Waals surface area contributed by atoms with Crippen molar-refractivity contribution in [1.82, 2.24) is 14.7 Å². The van der Waals surface area contributed by atoms with Crippen LogP contribution in [0.15, 0.2) is 6.20 Å². The van der Waals surface area contributed by atoms with Crippen LogP contribution in [0.25, 0.3) is 0 Å². The first-order valence-electron chi connectivity index (χ1n) is 5.95. The topological polar surface area (TPSA) is 41.3 Å². The molecule has 0 radical (unpaired) electrons. The van der Waals surface area contributed by atoms with Gasteiger partial charge in [0.2, 0.25) is 0 Å². The first kappa shape index (κ1) is 14.5. The lowest BCUT2D eigenvalue weighted by atomic mass is 9.88. The number of hydrogen-bond donors (Lipinski definition) is 1. The monoisotopic (exact) mass is 259 g/mol. The van der Waals surface area contributed by atoms with Gasteiger partial charge in [0, 0.05) is 12.1 Å². The van der Waals surface area contributed by atoms with Crippen LogP contribution < -0.4 is 0 Å². The van der Waals surface area contributed by atoms with Gasteiger partial charge in [-0.15, -0.1) is 0 Å². The maximum atomic E-state index is 10.6. The predicted octanol–water partition coefficient (Wildman–Crippen LogP) is 2.32. The number of hydrogen-bond acceptors (Lipinski definition) is 3. The minimum Gasteiger partial charge on any atom is -0.385 e. The standard InChI is InChI=1S/C12H22ClN3O/c1-6-12(3,15(4)5)11(17)10-9(13)8-14-16(10)7-2/h8,11,17H,6-7H2,1-5H3. The Morgan fingerprint density at radius 3 is 2.53 bits per heavy atom. The van der Waals surface area contributed by atoms with E-state index in [1.54, 1.807) is 10.9 Å². The summed E-state index contributed by atoms with van der Waals surface area (Å²) in [6.45, 7) is 6.77. The largest absolute Gasteiger partial charge is 0.385 e.